The molecular weight excluding hydrogens is 308 g/mol. The molecule has 0 aliphatic carbocycles. The fourth-order valence-electron chi connectivity index (χ4n) is 3.16. The van der Waals surface area contributed by atoms with Crippen molar-refractivity contribution in [2.45, 2.75) is 32.7 Å². The number of ether oxygens (including phenoxy) is 1. The monoisotopic (exact) mass is 336 g/mol. The van der Waals surface area contributed by atoms with Crippen molar-refractivity contribution in [1.82, 2.24) is 15.1 Å². The van der Waals surface area contributed by atoms with Crippen molar-refractivity contribution in [3.63, 3.8) is 0 Å². The Morgan fingerprint density at radius 1 is 1.38 bits per heavy atom. The number of hydrogen-bond donors (Lipinski definition) is 1. The number of carbonyl (C=O) groups excluding carboxylic acids is 2. The van der Waals surface area contributed by atoms with Crippen LogP contribution in [0, 0.1) is 23.2 Å². The topological polar surface area (TPSA) is 85.7 Å². The molecular formula is C17H28N4O3. The third-order valence-electron chi connectivity index (χ3n) is 4.55. The minimum Gasteiger partial charge on any atom is -0.379 e. The summed E-state index contributed by atoms with van der Waals surface area (Å²) >= 11 is 0. The summed E-state index contributed by atoms with van der Waals surface area (Å²) in [4.78, 5) is 28.5. The Kier molecular flexibility index (Phi) is 7.00. The van der Waals surface area contributed by atoms with Gasteiger partial charge in [-0.05, 0) is 12.3 Å². The highest BCUT2D eigenvalue weighted by atomic mass is 16.5. The lowest BCUT2D eigenvalue weighted by Gasteiger charge is -2.28. The van der Waals surface area contributed by atoms with Crippen LogP contribution in [-0.4, -0.2) is 73.6 Å². The first-order chi connectivity index (χ1) is 11.5. The van der Waals surface area contributed by atoms with Crippen LogP contribution in [0.2, 0.25) is 0 Å². The van der Waals surface area contributed by atoms with Gasteiger partial charge in [0.1, 0.15) is 6.04 Å². The molecule has 0 saturated carbocycles. The van der Waals surface area contributed by atoms with Gasteiger partial charge in [0.25, 0.3) is 0 Å². The minimum atomic E-state index is -0.477. The molecule has 2 aliphatic rings. The summed E-state index contributed by atoms with van der Waals surface area (Å²) in [7, 11) is 0. The van der Waals surface area contributed by atoms with Crippen LogP contribution in [0.5, 0.6) is 0 Å². The molecule has 2 atom stereocenters. The molecule has 0 aromatic carbocycles. The normalized spacial score (nSPS) is 23.3. The average Bonchev–Trinajstić information content (AvgIpc) is 2.94. The number of nitrogens with one attached hydrogen (secondary N) is 1. The van der Waals surface area contributed by atoms with Gasteiger partial charge in [-0.1, -0.05) is 13.8 Å². The largest absolute Gasteiger partial charge is 0.379 e. The lowest BCUT2D eigenvalue weighted by atomic mass is 10.0. The Bertz CT molecular complexity index is 483. The number of amides is 2. The molecule has 24 heavy (non-hydrogen) atoms. The van der Waals surface area contributed by atoms with E-state index in [1.807, 2.05) is 13.8 Å². The summed E-state index contributed by atoms with van der Waals surface area (Å²) in [6.07, 6.45) is 0.873. The number of hydrogen-bond acceptors (Lipinski definition) is 5. The lowest BCUT2D eigenvalue weighted by Crippen LogP contribution is -2.42. The van der Waals surface area contributed by atoms with Gasteiger partial charge in [-0.2, -0.15) is 5.26 Å². The highest BCUT2D eigenvalue weighted by Crippen LogP contribution is 2.18. The second kappa shape index (κ2) is 9.00. The van der Waals surface area contributed by atoms with Gasteiger partial charge in [-0.3, -0.25) is 14.5 Å². The molecule has 134 valence electrons. The van der Waals surface area contributed by atoms with Crippen LogP contribution in [0.4, 0.5) is 0 Å². The maximum Gasteiger partial charge on any atom is 0.226 e. The SMILES string of the molecule is CC(C)C[C@H](C#N)NC(=O)[C@H]1CC(=O)N(CCN2CCOCC2)C1. The zero-order valence-corrected chi connectivity index (χ0v) is 14.7. The van der Waals surface area contributed by atoms with Crippen LogP contribution in [0.25, 0.3) is 0 Å². The summed E-state index contributed by atoms with van der Waals surface area (Å²) in [5.74, 6) is -0.152. The molecule has 2 amide bonds. The Morgan fingerprint density at radius 2 is 2.08 bits per heavy atom. The Hall–Kier alpha value is -1.65. The Labute approximate surface area is 143 Å². The Morgan fingerprint density at radius 3 is 2.71 bits per heavy atom. The molecule has 2 aliphatic heterocycles. The van der Waals surface area contributed by atoms with Gasteiger partial charge < -0.3 is 15.0 Å². The average molecular weight is 336 g/mol. The molecule has 0 aromatic rings. The van der Waals surface area contributed by atoms with Crippen LogP contribution in [-0.2, 0) is 14.3 Å². The van der Waals surface area contributed by atoms with Gasteiger partial charge in [0.2, 0.25) is 11.8 Å². The van der Waals surface area contributed by atoms with Gasteiger partial charge >= 0.3 is 0 Å². The highest BCUT2D eigenvalue weighted by molar-refractivity contribution is 5.89. The smallest absolute Gasteiger partial charge is 0.226 e. The van der Waals surface area contributed by atoms with E-state index in [1.165, 1.54) is 0 Å². The first-order valence-electron chi connectivity index (χ1n) is 8.77. The van der Waals surface area contributed by atoms with E-state index in [2.05, 4.69) is 16.3 Å². The van der Waals surface area contributed by atoms with E-state index in [0.29, 0.717) is 25.4 Å². The number of likely N-dealkylation sites (tertiary alicyclic amines) is 1. The number of morpholine rings is 1. The van der Waals surface area contributed by atoms with E-state index < -0.39 is 6.04 Å². The molecule has 7 heteroatoms. The molecule has 0 spiro atoms. The zero-order chi connectivity index (χ0) is 17.5. The van der Waals surface area contributed by atoms with Crippen molar-refractivity contribution in [3.05, 3.63) is 0 Å². The van der Waals surface area contributed by atoms with Crippen molar-refractivity contribution < 1.29 is 14.3 Å². The van der Waals surface area contributed by atoms with Crippen molar-refractivity contribution in [1.29, 1.82) is 5.26 Å². The molecule has 0 bridgehead atoms. The van der Waals surface area contributed by atoms with E-state index in [4.69, 9.17) is 10.00 Å². The summed E-state index contributed by atoms with van der Waals surface area (Å²) in [6, 6.07) is 1.65. The van der Waals surface area contributed by atoms with Gasteiger partial charge in [-0.25, -0.2) is 0 Å². The molecule has 1 N–H and O–H groups in total. The maximum atomic E-state index is 12.3. The van der Waals surface area contributed by atoms with Crippen molar-refractivity contribution in [2.75, 3.05) is 45.9 Å². The van der Waals surface area contributed by atoms with Crippen molar-refractivity contribution in [3.8, 4) is 6.07 Å². The quantitative estimate of drug-likeness (QED) is 0.719. The third-order valence-corrected chi connectivity index (χ3v) is 4.55. The van der Waals surface area contributed by atoms with Gasteiger partial charge in [0, 0.05) is 39.1 Å². The first-order valence-corrected chi connectivity index (χ1v) is 8.77. The van der Waals surface area contributed by atoms with Gasteiger partial charge in [-0.15, -0.1) is 0 Å². The molecule has 0 aromatic heterocycles. The van der Waals surface area contributed by atoms with E-state index >= 15 is 0 Å². The second-order valence-corrected chi connectivity index (χ2v) is 7.01. The Balaban J connectivity index is 1.78. The molecule has 0 radical (unpaired) electrons. The van der Waals surface area contributed by atoms with Crippen LogP contribution in [0.1, 0.15) is 26.7 Å². The number of nitriles is 1. The van der Waals surface area contributed by atoms with E-state index in [9.17, 15) is 9.59 Å². The number of nitrogens with zero attached hydrogens (tertiary/aromatic N) is 3. The number of carbonyl (C=O) groups is 2. The summed E-state index contributed by atoms with van der Waals surface area (Å²) < 4.78 is 5.31. The molecule has 7 nitrogen and oxygen atoms in total. The van der Waals surface area contributed by atoms with E-state index in [0.717, 1.165) is 32.8 Å². The molecule has 0 unspecified atom stereocenters. The third kappa shape index (κ3) is 5.46. The van der Waals surface area contributed by atoms with E-state index in [-0.39, 0.29) is 24.2 Å². The van der Waals surface area contributed by atoms with Crippen LogP contribution in [0.15, 0.2) is 0 Å². The van der Waals surface area contributed by atoms with Crippen molar-refractivity contribution >= 4 is 11.8 Å². The molecule has 2 saturated heterocycles. The van der Waals surface area contributed by atoms with Gasteiger partial charge in [0.05, 0.1) is 25.2 Å². The number of rotatable bonds is 7. The fourth-order valence-corrected chi connectivity index (χ4v) is 3.16. The molecule has 2 fully saturated rings. The molecule has 2 rings (SSSR count). The fraction of sp³-hybridized carbons (Fsp3) is 0.824. The van der Waals surface area contributed by atoms with Gasteiger partial charge in [0.15, 0.2) is 0 Å². The predicted molar refractivity (Wildman–Crippen MR) is 88.9 cm³/mol. The van der Waals surface area contributed by atoms with Crippen LogP contribution < -0.4 is 5.32 Å². The van der Waals surface area contributed by atoms with Crippen LogP contribution in [0.3, 0.4) is 0 Å². The summed E-state index contributed by atoms with van der Waals surface area (Å²) in [5, 5.41) is 11.9. The first kappa shape index (κ1) is 18.7. The maximum absolute atomic E-state index is 12.3. The van der Waals surface area contributed by atoms with Crippen molar-refractivity contribution in [2.24, 2.45) is 11.8 Å². The zero-order valence-electron chi connectivity index (χ0n) is 14.7. The summed E-state index contributed by atoms with van der Waals surface area (Å²) in [6.45, 7) is 9.22. The van der Waals surface area contributed by atoms with E-state index in [1.54, 1.807) is 4.90 Å². The second-order valence-electron chi connectivity index (χ2n) is 7.01. The lowest BCUT2D eigenvalue weighted by molar-refractivity contribution is -0.129. The minimum absolute atomic E-state index is 0.0285. The van der Waals surface area contributed by atoms with Crippen LogP contribution >= 0.6 is 0 Å². The molecule has 2 heterocycles. The predicted octanol–water partition coefficient (Wildman–Crippen LogP) is 0.222. The standard InChI is InChI=1S/C17H28N4O3/c1-13(2)9-15(11-18)19-17(23)14-10-16(22)21(12-14)4-3-20-5-7-24-8-6-20/h13-15H,3-10,12H2,1-2H3,(H,19,23)/t14-,15+/m0/s1. The summed E-state index contributed by atoms with van der Waals surface area (Å²) in [5.41, 5.74) is 0. The highest BCUT2D eigenvalue weighted by Gasteiger charge is 2.35.